The third kappa shape index (κ3) is 2.63. The molecule has 5 nitrogen and oxygen atoms in total. The molecule has 6 heteroatoms. The van der Waals surface area contributed by atoms with Crippen molar-refractivity contribution in [3.05, 3.63) is 46.2 Å². The van der Waals surface area contributed by atoms with E-state index in [1.165, 1.54) is 0 Å². The van der Waals surface area contributed by atoms with Gasteiger partial charge >= 0.3 is 0 Å². The molecule has 0 amide bonds. The molecule has 1 atom stereocenters. The smallest absolute Gasteiger partial charge is 0.0986 e. The number of hydrogen-bond acceptors (Lipinski definition) is 4. The van der Waals surface area contributed by atoms with Gasteiger partial charge < -0.3 is 9.84 Å². The van der Waals surface area contributed by atoms with Crippen LogP contribution in [0.3, 0.4) is 0 Å². The van der Waals surface area contributed by atoms with Crippen LogP contribution in [0.4, 0.5) is 0 Å². The molecule has 3 rings (SSSR count). The van der Waals surface area contributed by atoms with Crippen LogP contribution in [-0.2, 0) is 16.7 Å². The summed E-state index contributed by atoms with van der Waals surface area (Å²) in [6, 6.07) is 7.62. The molecule has 1 aromatic carbocycles. The standard InChI is InChI=1S/C14H16BrN3O2/c1-14(8-20-9-14)13-7-18(17-16-13)6-12(19)10-2-4-11(15)5-3-10/h2-5,7,12,19H,6,8-9H2,1H3/t12-/m1/s1. The van der Waals surface area contributed by atoms with E-state index in [1.54, 1.807) is 4.68 Å². The van der Waals surface area contributed by atoms with E-state index in [2.05, 4.69) is 33.2 Å². The highest BCUT2D eigenvalue weighted by atomic mass is 79.9. The molecule has 0 unspecified atom stereocenters. The molecule has 0 aliphatic carbocycles. The predicted molar refractivity (Wildman–Crippen MR) is 77.3 cm³/mol. The summed E-state index contributed by atoms with van der Waals surface area (Å²) >= 11 is 3.38. The summed E-state index contributed by atoms with van der Waals surface area (Å²) in [6.45, 7) is 3.86. The number of hydrogen-bond donors (Lipinski definition) is 1. The van der Waals surface area contributed by atoms with Crippen molar-refractivity contribution >= 4 is 15.9 Å². The summed E-state index contributed by atoms with van der Waals surface area (Å²) in [5.41, 5.74) is 1.76. The molecule has 0 radical (unpaired) electrons. The van der Waals surface area contributed by atoms with Crippen molar-refractivity contribution in [2.24, 2.45) is 0 Å². The highest BCUT2D eigenvalue weighted by Gasteiger charge is 2.38. The van der Waals surface area contributed by atoms with Crippen LogP contribution in [0.5, 0.6) is 0 Å². The van der Waals surface area contributed by atoms with E-state index >= 15 is 0 Å². The molecule has 1 aromatic heterocycles. The van der Waals surface area contributed by atoms with Gasteiger partial charge in [-0.05, 0) is 24.6 Å². The van der Waals surface area contributed by atoms with Crippen LogP contribution in [0.15, 0.2) is 34.9 Å². The largest absolute Gasteiger partial charge is 0.386 e. The molecule has 0 saturated carbocycles. The van der Waals surface area contributed by atoms with Gasteiger partial charge in [-0.1, -0.05) is 33.3 Å². The Morgan fingerprint density at radius 3 is 2.70 bits per heavy atom. The van der Waals surface area contributed by atoms with Gasteiger partial charge in [-0.15, -0.1) is 5.10 Å². The molecule has 2 heterocycles. The fourth-order valence-electron chi connectivity index (χ4n) is 2.19. The lowest BCUT2D eigenvalue weighted by atomic mass is 9.85. The van der Waals surface area contributed by atoms with Gasteiger partial charge in [-0.25, -0.2) is 4.68 Å². The van der Waals surface area contributed by atoms with Gasteiger partial charge in [-0.2, -0.15) is 0 Å². The molecule has 1 aliphatic heterocycles. The number of rotatable bonds is 4. The van der Waals surface area contributed by atoms with Crippen LogP contribution < -0.4 is 0 Å². The summed E-state index contributed by atoms with van der Waals surface area (Å²) in [6.07, 6.45) is 1.30. The van der Waals surface area contributed by atoms with Gasteiger partial charge in [0.05, 0.1) is 37.0 Å². The zero-order valence-corrected chi connectivity index (χ0v) is 12.7. The van der Waals surface area contributed by atoms with Gasteiger partial charge in [0, 0.05) is 10.7 Å². The number of halogens is 1. The number of ether oxygens (including phenoxy) is 1. The summed E-state index contributed by atoms with van der Waals surface area (Å²) in [4.78, 5) is 0. The molecule has 1 fully saturated rings. The zero-order chi connectivity index (χ0) is 14.2. The molecule has 1 saturated heterocycles. The second kappa shape index (κ2) is 5.27. The molecule has 20 heavy (non-hydrogen) atoms. The molecule has 2 aromatic rings. The molecule has 1 aliphatic rings. The third-order valence-electron chi connectivity index (χ3n) is 3.61. The molecular formula is C14H16BrN3O2. The lowest BCUT2D eigenvalue weighted by Crippen LogP contribution is -2.44. The Kier molecular flexibility index (Phi) is 3.62. The first-order valence-corrected chi connectivity index (χ1v) is 7.28. The summed E-state index contributed by atoms with van der Waals surface area (Å²) in [7, 11) is 0. The average Bonchev–Trinajstić information content (AvgIpc) is 2.85. The molecular weight excluding hydrogens is 322 g/mol. The molecule has 1 N–H and O–H groups in total. The maximum Gasteiger partial charge on any atom is 0.0986 e. The maximum atomic E-state index is 10.2. The number of nitrogens with zero attached hydrogens (tertiary/aromatic N) is 3. The van der Waals surface area contributed by atoms with E-state index in [1.807, 2.05) is 30.5 Å². The van der Waals surface area contributed by atoms with Crippen LogP contribution in [0.2, 0.25) is 0 Å². The van der Waals surface area contributed by atoms with E-state index in [9.17, 15) is 5.11 Å². The van der Waals surface area contributed by atoms with Crippen LogP contribution in [0, 0.1) is 0 Å². The summed E-state index contributed by atoms with van der Waals surface area (Å²) < 4.78 is 7.91. The maximum absolute atomic E-state index is 10.2. The Morgan fingerprint density at radius 1 is 1.40 bits per heavy atom. The van der Waals surface area contributed by atoms with Crippen molar-refractivity contribution in [1.29, 1.82) is 0 Å². The quantitative estimate of drug-likeness (QED) is 0.927. The average molecular weight is 338 g/mol. The van der Waals surface area contributed by atoms with E-state index in [0.717, 1.165) is 15.7 Å². The van der Waals surface area contributed by atoms with E-state index in [0.29, 0.717) is 19.8 Å². The topological polar surface area (TPSA) is 60.2 Å². The normalized spacial score (nSPS) is 18.6. The fourth-order valence-corrected chi connectivity index (χ4v) is 2.45. The molecule has 0 spiro atoms. The zero-order valence-electron chi connectivity index (χ0n) is 11.2. The monoisotopic (exact) mass is 337 g/mol. The van der Waals surface area contributed by atoms with Crippen molar-refractivity contribution < 1.29 is 9.84 Å². The number of aromatic nitrogens is 3. The van der Waals surface area contributed by atoms with Gasteiger partial charge in [0.1, 0.15) is 0 Å². The Balaban J connectivity index is 1.70. The number of benzene rings is 1. The SMILES string of the molecule is CC1(c2cn(C[C@@H](O)c3ccc(Br)cc3)nn2)COC1. The Hall–Kier alpha value is -1.24. The van der Waals surface area contributed by atoms with Gasteiger partial charge in [0.25, 0.3) is 0 Å². The molecule has 106 valence electrons. The minimum Gasteiger partial charge on any atom is -0.386 e. The first-order chi connectivity index (χ1) is 9.57. The summed E-state index contributed by atoms with van der Waals surface area (Å²) in [5, 5.41) is 18.5. The Morgan fingerprint density at radius 2 is 2.10 bits per heavy atom. The summed E-state index contributed by atoms with van der Waals surface area (Å²) in [5.74, 6) is 0. The minimum atomic E-state index is -0.594. The third-order valence-corrected chi connectivity index (χ3v) is 4.14. The van der Waals surface area contributed by atoms with Gasteiger partial charge in [-0.3, -0.25) is 0 Å². The highest BCUT2D eigenvalue weighted by molar-refractivity contribution is 9.10. The van der Waals surface area contributed by atoms with Crippen LogP contribution >= 0.6 is 15.9 Å². The van der Waals surface area contributed by atoms with Crippen LogP contribution in [0.25, 0.3) is 0 Å². The number of aliphatic hydroxyl groups excluding tert-OH is 1. The lowest BCUT2D eigenvalue weighted by Gasteiger charge is -2.35. The van der Waals surface area contributed by atoms with Gasteiger partial charge in [0.2, 0.25) is 0 Å². The number of aliphatic hydroxyl groups is 1. The molecule has 0 bridgehead atoms. The van der Waals surface area contributed by atoms with Crippen molar-refractivity contribution in [3.8, 4) is 0 Å². The highest BCUT2D eigenvalue weighted by Crippen LogP contribution is 2.30. The lowest BCUT2D eigenvalue weighted by molar-refractivity contribution is -0.0521. The predicted octanol–water partition coefficient (Wildman–Crippen LogP) is 2.06. The fraction of sp³-hybridized carbons (Fsp3) is 0.429. The van der Waals surface area contributed by atoms with Crippen molar-refractivity contribution in [3.63, 3.8) is 0 Å². The van der Waals surface area contributed by atoms with Crippen molar-refractivity contribution in [2.75, 3.05) is 13.2 Å². The van der Waals surface area contributed by atoms with E-state index in [4.69, 9.17) is 4.74 Å². The van der Waals surface area contributed by atoms with Crippen LogP contribution in [-0.4, -0.2) is 33.3 Å². The Bertz CT molecular complexity index is 593. The first kappa shape index (κ1) is 13.7. The van der Waals surface area contributed by atoms with Gasteiger partial charge in [0.15, 0.2) is 0 Å². The van der Waals surface area contributed by atoms with E-state index in [-0.39, 0.29) is 5.41 Å². The van der Waals surface area contributed by atoms with Crippen molar-refractivity contribution in [2.45, 2.75) is 25.0 Å². The second-order valence-corrected chi connectivity index (χ2v) is 6.36. The van der Waals surface area contributed by atoms with Crippen LogP contribution in [0.1, 0.15) is 24.3 Å². The second-order valence-electron chi connectivity index (χ2n) is 5.45. The van der Waals surface area contributed by atoms with Crippen molar-refractivity contribution in [1.82, 2.24) is 15.0 Å². The Labute approximate surface area is 125 Å². The van der Waals surface area contributed by atoms with E-state index < -0.39 is 6.10 Å². The first-order valence-electron chi connectivity index (χ1n) is 6.49. The minimum absolute atomic E-state index is 0.0270.